The van der Waals surface area contributed by atoms with Crippen LogP contribution in [0.1, 0.15) is 12.8 Å². The maximum Gasteiger partial charge on any atom is 0.152 e. The Labute approximate surface area is 94.7 Å². The Morgan fingerprint density at radius 2 is 2.00 bits per heavy atom. The predicted octanol–water partition coefficient (Wildman–Crippen LogP) is -0.874. The Balaban J connectivity index is 1.92. The monoisotopic (exact) mass is 220 g/mol. The molecule has 86 valence electrons. The van der Waals surface area contributed by atoms with Crippen LogP contribution in [-0.2, 0) is 0 Å². The van der Waals surface area contributed by atoms with Crippen molar-refractivity contribution in [2.24, 2.45) is 11.8 Å². The van der Waals surface area contributed by atoms with Gasteiger partial charge in [-0.15, -0.1) is 6.58 Å². The van der Waals surface area contributed by atoms with Crippen LogP contribution in [0.3, 0.4) is 0 Å². The van der Waals surface area contributed by atoms with E-state index < -0.39 is 0 Å². The first-order chi connectivity index (χ1) is 7.72. The molecule has 1 saturated carbocycles. The molecular formula is C12H16N2O2. The molecule has 0 aromatic heterocycles. The minimum Gasteiger partial charge on any atom is -0.629 e. The number of quaternary nitrogens is 2. The van der Waals surface area contributed by atoms with Crippen molar-refractivity contribution in [2.45, 2.75) is 24.9 Å². The second-order valence-corrected chi connectivity index (χ2v) is 4.93. The molecule has 4 heteroatoms. The third-order valence-corrected chi connectivity index (χ3v) is 4.16. The molecule has 3 rings (SSSR count). The largest absolute Gasteiger partial charge is 0.629 e. The summed E-state index contributed by atoms with van der Waals surface area (Å²) < 4.78 is 0. The molecular weight excluding hydrogens is 204 g/mol. The van der Waals surface area contributed by atoms with E-state index in [1.54, 1.807) is 0 Å². The summed E-state index contributed by atoms with van der Waals surface area (Å²) >= 11 is 0. The van der Waals surface area contributed by atoms with E-state index in [9.17, 15) is 10.4 Å². The smallest absolute Gasteiger partial charge is 0.152 e. The van der Waals surface area contributed by atoms with Crippen molar-refractivity contribution in [1.29, 1.82) is 0 Å². The summed E-state index contributed by atoms with van der Waals surface area (Å²) in [5, 5.41) is 23.9. The van der Waals surface area contributed by atoms with Crippen LogP contribution in [0.4, 0.5) is 0 Å². The van der Waals surface area contributed by atoms with Crippen LogP contribution in [0.5, 0.6) is 0 Å². The van der Waals surface area contributed by atoms with Crippen LogP contribution in [0.2, 0.25) is 0 Å². The average molecular weight is 220 g/mol. The van der Waals surface area contributed by atoms with Gasteiger partial charge in [0.1, 0.15) is 12.4 Å². The van der Waals surface area contributed by atoms with Gasteiger partial charge in [-0.3, -0.25) is 0 Å². The van der Waals surface area contributed by atoms with Gasteiger partial charge in [0.05, 0.1) is 0 Å². The van der Waals surface area contributed by atoms with Crippen LogP contribution in [-0.4, -0.2) is 12.1 Å². The van der Waals surface area contributed by atoms with Crippen LogP contribution >= 0.6 is 0 Å². The molecule has 0 aromatic rings. The number of nitrogens with one attached hydrogen (secondary N) is 2. The zero-order chi connectivity index (χ0) is 11.3. The van der Waals surface area contributed by atoms with E-state index in [0.717, 1.165) is 12.8 Å². The van der Waals surface area contributed by atoms with Crippen LogP contribution in [0.25, 0.3) is 0 Å². The molecule has 1 heterocycles. The number of hydrogen-bond acceptors (Lipinski definition) is 2. The third kappa shape index (κ3) is 1.25. The van der Waals surface area contributed by atoms with Gasteiger partial charge in [-0.1, -0.05) is 17.7 Å². The number of allylic oxidation sites excluding steroid dienone is 1. The summed E-state index contributed by atoms with van der Waals surface area (Å²) in [6, 6.07) is -0.126. The quantitative estimate of drug-likeness (QED) is 0.469. The lowest BCUT2D eigenvalue weighted by Crippen LogP contribution is -3.23. The van der Waals surface area contributed by atoms with E-state index in [0.29, 0.717) is 11.8 Å². The second-order valence-electron chi connectivity index (χ2n) is 4.93. The molecule has 2 aliphatic carbocycles. The normalized spacial score (nSPS) is 49.0. The summed E-state index contributed by atoms with van der Waals surface area (Å²) in [6.45, 7) is 3.74. The molecule has 16 heavy (non-hydrogen) atoms. The first-order valence-corrected chi connectivity index (χ1v) is 5.79. The van der Waals surface area contributed by atoms with Crippen molar-refractivity contribution in [1.82, 2.24) is 0 Å². The fourth-order valence-electron chi connectivity index (χ4n) is 3.59. The minimum absolute atomic E-state index is 0.0592. The highest BCUT2D eigenvalue weighted by Gasteiger charge is 2.55. The molecule has 3 aliphatic rings. The summed E-state index contributed by atoms with van der Waals surface area (Å²) in [5.41, 5.74) is 1.32. The molecule has 0 amide bonds. The number of hydrogen-bond donors (Lipinski definition) is 2. The molecule has 4 nitrogen and oxygen atoms in total. The van der Waals surface area contributed by atoms with Crippen LogP contribution < -0.4 is 10.1 Å². The highest BCUT2D eigenvalue weighted by atomic mass is 16.5. The molecule has 2 bridgehead atoms. The highest BCUT2D eigenvalue weighted by Crippen LogP contribution is 2.43. The lowest BCUT2D eigenvalue weighted by molar-refractivity contribution is -0.928. The van der Waals surface area contributed by atoms with Crippen molar-refractivity contribution in [3.05, 3.63) is 47.1 Å². The zero-order valence-electron chi connectivity index (χ0n) is 9.06. The van der Waals surface area contributed by atoms with Crippen LogP contribution in [0, 0.1) is 22.3 Å². The predicted molar refractivity (Wildman–Crippen MR) is 59.9 cm³/mol. The topological polar surface area (TPSA) is 55.0 Å². The van der Waals surface area contributed by atoms with Gasteiger partial charge in [-0.25, -0.2) is 0 Å². The molecule has 6 atom stereocenters. The van der Waals surface area contributed by atoms with Gasteiger partial charge in [0.2, 0.25) is 0 Å². The zero-order valence-corrected chi connectivity index (χ0v) is 9.06. The van der Waals surface area contributed by atoms with Gasteiger partial charge in [-0.05, 0) is 12.8 Å². The van der Waals surface area contributed by atoms with E-state index >= 15 is 0 Å². The van der Waals surface area contributed by atoms with E-state index in [4.69, 9.17) is 0 Å². The van der Waals surface area contributed by atoms with E-state index in [1.807, 2.05) is 6.08 Å². The Hall–Kier alpha value is -0.940. The van der Waals surface area contributed by atoms with Crippen molar-refractivity contribution < 1.29 is 10.1 Å². The SMILES string of the molecule is C=CCC1=CC2CC1C1C2[NH+]([O-])C=C[NH+]1[O-]. The lowest BCUT2D eigenvalue weighted by Gasteiger charge is -2.42. The van der Waals surface area contributed by atoms with Gasteiger partial charge in [0, 0.05) is 11.8 Å². The van der Waals surface area contributed by atoms with Gasteiger partial charge >= 0.3 is 0 Å². The molecule has 0 spiro atoms. The molecule has 1 fully saturated rings. The third-order valence-electron chi connectivity index (χ3n) is 4.16. The number of hydroxylamine groups is 4. The molecule has 0 radical (unpaired) electrons. The average Bonchev–Trinajstić information content (AvgIpc) is 2.82. The molecule has 2 N–H and O–H groups in total. The van der Waals surface area contributed by atoms with E-state index in [1.165, 1.54) is 18.0 Å². The Kier molecular flexibility index (Phi) is 2.26. The summed E-state index contributed by atoms with van der Waals surface area (Å²) in [7, 11) is 0. The van der Waals surface area contributed by atoms with Gasteiger partial charge in [0.25, 0.3) is 0 Å². The van der Waals surface area contributed by atoms with Crippen molar-refractivity contribution >= 4 is 0 Å². The van der Waals surface area contributed by atoms with Gasteiger partial charge in [-0.2, -0.15) is 0 Å². The maximum absolute atomic E-state index is 11.9. The molecule has 6 unspecified atom stereocenters. The Morgan fingerprint density at radius 3 is 2.69 bits per heavy atom. The van der Waals surface area contributed by atoms with Crippen molar-refractivity contribution in [3.8, 4) is 0 Å². The highest BCUT2D eigenvalue weighted by molar-refractivity contribution is 5.27. The van der Waals surface area contributed by atoms with Crippen LogP contribution in [0.15, 0.2) is 36.7 Å². The summed E-state index contributed by atoms with van der Waals surface area (Å²) in [4.78, 5) is 0. The van der Waals surface area contributed by atoms with E-state index in [-0.39, 0.29) is 22.2 Å². The fraction of sp³-hybridized carbons (Fsp3) is 0.500. The van der Waals surface area contributed by atoms with Gasteiger partial charge in [0.15, 0.2) is 12.1 Å². The van der Waals surface area contributed by atoms with Gasteiger partial charge < -0.3 is 20.5 Å². The molecule has 1 aliphatic heterocycles. The molecule has 0 aromatic carbocycles. The Morgan fingerprint density at radius 1 is 1.31 bits per heavy atom. The minimum atomic E-state index is -0.0672. The fourth-order valence-corrected chi connectivity index (χ4v) is 3.59. The first kappa shape index (κ1) is 10.2. The van der Waals surface area contributed by atoms with E-state index in [2.05, 4.69) is 12.7 Å². The summed E-state index contributed by atoms with van der Waals surface area (Å²) in [5.74, 6) is 0.598. The number of fused-ring (bicyclic) bond motifs is 5. The van der Waals surface area contributed by atoms with Crippen molar-refractivity contribution in [2.75, 3.05) is 0 Å². The first-order valence-electron chi connectivity index (χ1n) is 5.79. The number of rotatable bonds is 2. The summed E-state index contributed by atoms with van der Waals surface area (Å²) in [6.07, 6.45) is 8.86. The molecule has 0 saturated heterocycles. The second kappa shape index (κ2) is 3.53. The van der Waals surface area contributed by atoms with Crippen molar-refractivity contribution in [3.63, 3.8) is 0 Å². The lowest BCUT2D eigenvalue weighted by atomic mass is 9.87. The Bertz CT molecular complexity index is 377. The maximum atomic E-state index is 11.9. The standard InChI is InChI=1S/C12H16N2O2/c1-2-3-8-6-9-7-10(8)12-11(9)13(15)4-5-14(12)16/h2,4-6,9-14H,1,3,7H2.